The lowest BCUT2D eigenvalue weighted by atomic mass is 9.97. The number of benzene rings is 3. The summed E-state index contributed by atoms with van der Waals surface area (Å²) in [6.07, 6.45) is -1.31. The van der Waals surface area contributed by atoms with E-state index in [-0.39, 0.29) is 11.6 Å². The summed E-state index contributed by atoms with van der Waals surface area (Å²) >= 11 is 0. The van der Waals surface area contributed by atoms with Crippen molar-refractivity contribution in [3.8, 4) is 5.75 Å². The SMILES string of the molecule is O=C(Nc1ccc(OC(F)(F)F)cc1)NC(c1ccc(C(=O)Nc2nn[nH]n2)cc1)c1ccc(N2CCCCC2)cc1. The van der Waals surface area contributed by atoms with Crippen LogP contribution in [0.15, 0.2) is 72.8 Å². The highest BCUT2D eigenvalue weighted by molar-refractivity contribution is 6.03. The molecule has 0 spiro atoms. The summed E-state index contributed by atoms with van der Waals surface area (Å²) in [5.41, 5.74) is 3.20. The minimum Gasteiger partial charge on any atom is -0.406 e. The first kappa shape index (κ1) is 28.4. The Morgan fingerprint density at radius 1 is 0.857 bits per heavy atom. The number of halogens is 3. The third kappa shape index (κ3) is 7.53. The number of alkyl halides is 3. The molecule has 5 rings (SSSR count). The molecule has 11 nitrogen and oxygen atoms in total. The highest BCUT2D eigenvalue weighted by Gasteiger charge is 2.31. The Bertz CT molecular complexity index is 1470. The molecule has 1 fully saturated rings. The molecule has 0 bridgehead atoms. The van der Waals surface area contributed by atoms with Crippen LogP contribution in [0.3, 0.4) is 0 Å². The number of urea groups is 1. The molecule has 4 N–H and O–H groups in total. The van der Waals surface area contributed by atoms with Crippen molar-refractivity contribution in [1.29, 1.82) is 0 Å². The number of H-pyrrole nitrogens is 1. The first-order chi connectivity index (χ1) is 20.2. The summed E-state index contributed by atoms with van der Waals surface area (Å²) < 4.78 is 41.3. The number of nitrogens with zero attached hydrogens (tertiary/aromatic N) is 4. The molecule has 2 heterocycles. The van der Waals surface area contributed by atoms with Crippen molar-refractivity contribution >= 4 is 29.3 Å². The number of carbonyl (C=O) groups excluding carboxylic acids is 2. The molecule has 1 aliphatic rings. The van der Waals surface area contributed by atoms with E-state index in [0.717, 1.165) is 49.3 Å². The van der Waals surface area contributed by atoms with Gasteiger partial charge in [0.25, 0.3) is 11.9 Å². The zero-order valence-electron chi connectivity index (χ0n) is 22.2. The number of nitrogens with one attached hydrogen (secondary N) is 4. The average molecular weight is 581 g/mol. The summed E-state index contributed by atoms with van der Waals surface area (Å²) in [6, 6.07) is 18.2. The van der Waals surface area contributed by atoms with Gasteiger partial charge in [0.2, 0.25) is 0 Å². The highest BCUT2D eigenvalue weighted by Crippen LogP contribution is 2.28. The molecular weight excluding hydrogens is 553 g/mol. The second-order valence-corrected chi connectivity index (χ2v) is 9.55. The molecule has 0 saturated carbocycles. The predicted octanol–water partition coefficient (Wildman–Crippen LogP) is 5.25. The van der Waals surface area contributed by atoms with Gasteiger partial charge in [-0.2, -0.15) is 5.21 Å². The van der Waals surface area contributed by atoms with E-state index >= 15 is 0 Å². The van der Waals surface area contributed by atoms with Gasteiger partial charge in [0.05, 0.1) is 6.04 Å². The van der Waals surface area contributed by atoms with Crippen molar-refractivity contribution in [3.63, 3.8) is 0 Å². The Hall–Kier alpha value is -5.14. The fourth-order valence-corrected chi connectivity index (χ4v) is 4.64. The topological polar surface area (TPSA) is 137 Å². The predicted molar refractivity (Wildman–Crippen MR) is 148 cm³/mol. The number of hydrogen-bond donors (Lipinski definition) is 4. The Morgan fingerprint density at radius 2 is 1.50 bits per heavy atom. The lowest BCUT2D eigenvalue weighted by Gasteiger charge is -2.29. The van der Waals surface area contributed by atoms with E-state index in [1.807, 2.05) is 24.3 Å². The van der Waals surface area contributed by atoms with Crippen LogP contribution in [0.5, 0.6) is 5.75 Å². The summed E-state index contributed by atoms with van der Waals surface area (Å²) in [4.78, 5) is 27.9. The molecule has 4 aromatic rings. The normalized spacial score (nSPS) is 14.1. The van der Waals surface area contributed by atoms with Gasteiger partial charge >= 0.3 is 12.4 Å². The number of amides is 3. The Kier molecular flexibility index (Phi) is 8.50. The maximum atomic E-state index is 13.0. The highest BCUT2D eigenvalue weighted by atomic mass is 19.4. The van der Waals surface area contributed by atoms with Crippen molar-refractivity contribution in [2.24, 2.45) is 0 Å². The van der Waals surface area contributed by atoms with Crippen LogP contribution in [0.1, 0.15) is 46.8 Å². The maximum Gasteiger partial charge on any atom is 0.573 e. The molecule has 218 valence electrons. The minimum absolute atomic E-state index is 0.0343. The number of ether oxygens (including phenoxy) is 1. The van der Waals surface area contributed by atoms with Crippen LogP contribution in [0, 0.1) is 0 Å². The standard InChI is InChI=1S/C28H27F3N8O3/c29-28(30,31)42-23-14-10-21(11-15-23)32-27(41)33-24(19-8-12-22(13-9-19)39-16-2-1-3-17-39)18-4-6-20(7-5-18)25(40)34-26-35-37-38-36-26/h4-15,24H,1-3,16-17H2,(H2,32,33,41)(H2,34,35,36,37,38,40). The fraction of sp³-hybridized carbons (Fsp3) is 0.250. The fourth-order valence-electron chi connectivity index (χ4n) is 4.64. The summed E-state index contributed by atoms with van der Waals surface area (Å²) in [6.45, 7) is 1.98. The molecule has 42 heavy (non-hydrogen) atoms. The zero-order valence-corrected chi connectivity index (χ0v) is 22.2. The first-order valence-electron chi connectivity index (χ1n) is 13.2. The van der Waals surface area contributed by atoms with Gasteiger partial charge in [-0.3, -0.25) is 10.1 Å². The smallest absolute Gasteiger partial charge is 0.406 e. The van der Waals surface area contributed by atoms with Gasteiger partial charge in [0.15, 0.2) is 0 Å². The largest absolute Gasteiger partial charge is 0.573 e. The van der Waals surface area contributed by atoms with Crippen LogP contribution >= 0.6 is 0 Å². The molecule has 3 aromatic carbocycles. The van der Waals surface area contributed by atoms with E-state index in [0.29, 0.717) is 11.1 Å². The molecular formula is C28H27F3N8O3. The number of rotatable bonds is 8. The third-order valence-corrected chi connectivity index (χ3v) is 6.65. The van der Waals surface area contributed by atoms with E-state index in [1.165, 1.54) is 18.6 Å². The molecule has 14 heteroatoms. The van der Waals surface area contributed by atoms with Crippen LogP contribution in [-0.2, 0) is 0 Å². The second kappa shape index (κ2) is 12.6. The quantitative estimate of drug-likeness (QED) is 0.223. The van der Waals surface area contributed by atoms with Gasteiger partial charge in [0, 0.05) is 30.0 Å². The van der Waals surface area contributed by atoms with Crippen LogP contribution in [0.25, 0.3) is 0 Å². The van der Waals surface area contributed by atoms with Gasteiger partial charge in [-0.15, -0.1) is 18.3 Å². The van der Waals surface area contributed by atoms with Crippen LogP contribution in [0.4, 0.5) is 35.3 Å². The maximum absolute atomic E-state index is 13.0. The monoisotopic (exact) mass is 580 g/mol. The molecule has 1 aliphatic heterocycles. The molecule has 1 unspecified atom stereocenters. The van der Waals surface area contributed by atoms with Gasteiger partial charge in [-0.1, -0.05) is 29.4 Å². The van der Waals surface area contributed by atoms with Crippen LogP contribution in [0.2, 0.25) is 0 Å². The second-order valence-electron chi connectivity index (χ2n) is 9.55. The number of tetrazole rings is 1. The first-order valence-corrected chi connectivity index (χ1v) is 13.2. The van der Waals surface area contributed by atoms with E-state index in [2.05, 4.69) is 46.2 Å². The third-order valence-electron chi connectivity index (χ3n) is 6.65. The van der Waals surface area contributed by atoms with Crippen molar-refractivity contribution in [2.45, 2.75) is 31.7 Å². The summed E-state index contributed by atoms with van der Waals surface area (Å²) in [5.74, 6) is -0.801. The molecule has 1 aromatic heterocycles. The lowest BCUT2D eigenvalue weighted by molar-refractivity contribution is -0.274. The Labute approximate surface area is 238 Å². The van der Waals surface area contributed by atoms with Crippen molar-refractivity contribution in [2.75, 3.05) is 28.6 Å². The Balaban J connectivity index is 1.33. The minimum atomic E-state index is -4.81. The van der Waals surface area contributed by atoms with Crippen molar-refractivity contribution in [1.82, 2.24) is 25.9 Å². The zero-order chi connectivity index (χ0) is 29.5. The van der Waals surface area contributed by atoms with Gasteiger partial charge in [0.1, 0.15) is 5.75 Å². The van der Waals surface area contributed by atoms with E-state index < -0.39 is 30.1 Å². The molecule has 1 saturated heterocycles. The molecule has 0 radical (unpaired) electrons. The summed E-state index contributed by atoms with van der Waals surface area (Å²) in [7, 11) is 0. The van der Waals surface area contributed by atoms with Gasteiger partial charge in [-0.05, 0) is 84.1 Å². The molecule has 1 atom stereocenters. The van der Waals surface area contributed by atoms with Crippen LogP contribution < -0.4 is 25.6 Å². The lowest BCUT2D eigenvalue weighted by Crippen LogP contribution is -2.33. The number of hydrogen-bond acceptors (Lipinski definition) is 7. The van der Waals surface area contributed by atoms with Crippen molar-refractivity contribution in [3.05, 3.63) is 89.5 Å². The molecule has 3 amide bonds. The number of aromatic amines is 1. The molecule has 0 aliphatic carbocycles. The van der Waals surface area contributed by atoms with E-state index in [4.69, 9.17) is 0 Å². The van der Waals surface area contributed by atoms with E-state index in [1.54, 1.807) is 24.3 Å². The van der Waals surface area contributed by atoms with Gasteiger partial charge < -0.3 is 20.3 Å². The Morgan fingerprint density at radius 3 is 2.10 bits per heavy atom. The summed E-state index contributed by atoms with van der Waals surface area (Å²) in [5, 5.41) is 21.1. The number of piperidine rings is 1. The van der Waals surface area contributed by atoms with Crippen LogP contribution in [-0.4, -0.2) is 52.0 Å². The average Bonchev–Trinajstić information content (AvgIpc) is 3.50. The van der Waals surface area contributed by atoms with Gasteiger partial charge in [-0.25, -0.2) is 4.79 Å². The number of aromatic nitrogens is 4. The van der Waals surface area contributed by atoms with E-state index in [9.17, 15) is 22.8 Å². The number of carbonyl (C=O) groups is 2. The number of anilines is 3. The van der Waals surface area contributed by atoms with Crippen molar-refractivity contribution < 1.29 is 27.5 Å².